The number of nitrogen functional groups attached to an aromatic ring is 1. The molecule has 1 amide bonds. The minimum atomic E-state index is -0.197. The molecule has 0 fully saturated rings. The highest BCUT2D eigenvalue weighted by Crippen LogP contribution is 2.27. The zero-order chi connectivity index (χ0) is 18.1. The molecule has 6 heteroatoms. The Morgan fingerprint density at radius 3 is 2.64 bits per heavy atom. The molecule has 0 heterocycles. The first-order valence-corrected chi connectivity index (χ1v) is 8.09. The summed E-state index contributed by atoms with van der Waals surface area (Å²) < 4.78 is 10.9. The van der Waals surface area contributed by atoms with Crippen molar-refractivity contribution in [2.24, 2.45) is 5.10 Å². The zero-order valence-electron chi connectivity index (χ0n) is 14.5. The van der Waals surface area contributed by atoms with Crippen LogP contribution in [0.3, 0.4) is 0 Å². The molecular weight excluding hydrogens is 318 g/mol. The molecule has 2 aromatic carbocycles. The molecule has 0 bridgehead atoms. The standard InChI is InChI=1S/C19H23N3O3/c1-3-10-25-18-11-15(6-9-17(18)24-2)13-21-22-19(23)12-14-4-7-16(20)8-5-14/h4-9,11,13H,3,10,12,20H2,1-2H3,(H,22,23)/b21-13-. The molecule has 6 nitrogen and oxygen atoms in total. The van der Waals surface area contributed by atoms with E-state index in [9.17, 15) is 4.79 Å². The number of hydrazone groups is 1. The van der Waals surface area contributed by atoms with E-state index in [4.69, 9.17) is 15.2 Å². The summed E-state index contributed by atoms with van der Waals surface area (Å²) in [5, 5.41) is 3.99. The van der Waals surface area contributed by atoms with Crippen LogP contribution in [0.1, 0.15) is 24.5 Å². The number of carbonyl (C=O) groups is 1. The fourth-order valence-corrected chi connectivity index (χ4v) is 2.14. The van der Waals surface area contributed by atoms with Gasteiger partial charge in [-0.1, -0.05) is 19.1 Å². The largest absolute Gasteiger partial charge is 0.493 e. The van der Waals surface area contributed by atoms with Gasteiger partial charge in [-0.25, -0.2) is 5.43 Å². The van der Waals surface area contributed by atoms with Gasteiger partial charge in [0.2, 0.25) is 5.91 Å². The predicted octanol–water partition coefficient (Wildman–Crippen LogP) is 2.76. The summed E-state index contributed by atoms with van der Waals surface area (Å²) in [6.45, 7) is 2.64. The maximum atomic E-state index is 11.9. The fraction of sp³-hybridized carbons (Fsp3) is 0.263. The quantitative estimate of drug-likeness (QED) is 0.439. The predicted molar refractivity (Wildman–Crippen MR) is 99.1 cm³/mol. The van der Waals surface area contributed by atoms with Crippen LogP contribution in [0, 0.1) is 0 Å². The molecule has 0 saturated heterocycles. The molecule has 0 atom stereocenters. The molecule has 0 unspecified atom stereocenters. The summed E-state index contributed by atoms with van der Waals surface area (Å²) in [6.07, 6.45) is 2.72. The lowest BCUT2D eigenvalue weighted by molar-refractivity contribution is -0.120. The molecule has 0 aromatic heterocycles. The zero-order valence-corrected chi connectivity index (χ0v) is 14.5. The number of nitrogens with one attached hydrogen (secondary N) is 1. The number of anilines is 1. The van der Waals surface area contributed by atoms with Gasteiger partial charge in [0.1, 0.15) is 0 Å². The number of ether oxygens (including phenoxy) is 2. The van der Waals surface area contributed by atoms with Gasteiger partial charge in [0.15, 0.2) is 11.5 Å². The highest BCUT2D eigenvalue weighted by molar-refractivity contribution is 5.84. The molecule has 0 aliphatic carbocycles. The van der Waals surface area contributed by atoms with Crippen LogP contribution in [0.25, 0.3) is 0 Å². The van der Waals surface area contributed by atoms with Crippen molar-refractivity contribution in [3.63, 3.8) is 0 Å². The van der Waals surface area contributed by atoms with Gasteiger partial charge in [-0.2, -0.15) is 5.10 Å². The molecule has 0 radical (unpaired) electrons. The van der Waals surface area contributed by atoms with Gasteiger partial charge in [0.05, 0.1) is 26.4 Å². The Morgan fingerprint density at radius 2 is 1.96 bits per heavy atom. The molecule has 2 rings (SSSR count). The first-order chi connectivity index (χ1) is 12.1. The lowest BCUT2D eigenvalue weighted by Gasteiger charge is -2.10. The Hall–Kier alpha value is -3.02. The number of hydrogen-bond donors (Lipinski definition) is 2. The minimum absolute atomic E-state index is 0.197. The first-order valence-electron chi connectivity index (χ1n) is 8.09. The van der Waals surface area contributed by atoms with Gasteiger partial charge >= 0.3 is 0 Å². The van der Waals surface area contributed by atoms with Crippen molar-refractivity contribution >= 4 is 17.8 Å². The van der Waals surface area contributed by atoms with E-state index >= 15 is 0 Å². The fourth-order valence-electron chi connectivity index (χ4n) is 2.14. The Bertz CT molecular complexity index is 727. The van der Waals surface area contributed by atoms with Crippen molar-refractivity contribution in [2.45, 2.75) is 19.8 Å². The molecule has 0 spiro atoms. The van der Waals surface area contributed by atoms with Crippen molar-refractivity contribution in [1.82, 2.24) is 5.43 Å². The van der Waals surface area contributed by atoms with E-state index in [1.807, 2.05) is 37.3 Å². The molecule has 0 aliphatic heterocycles. The van der Waals surface area contributed by atoms with Crippen molar-refractivity contribution in [3.8, 4) is 11.5 Å². The number of nitrogens with two attached hydrogens (primary N) is 1. The number of hydrogen-bond acceptors (Lipinski definition) is 5. The van der Waals surface area contributed by atoms with E-state index in [-0.39, 0.29) is 12.3 Å². The lowest BCUT2D eigenvalue weighted by atomic mass is 10.1. The summed E-state index contributed by atoms with van der Waals surface area (Å²) in [5.74, 6) is 1.12. The first kappa shape index (κ1) is 18.3. The summed E-state index contributed by atoms with van der Waals surface area (Å²) in [4.78, 5) is 11.9. The van der Waals surface area contributed by atoms with Crippen LogP contribution < -0.4 is 20.6 Å². The maximum Gasteiger partial charge on any atom is 0.244 e. The van der Waals surface area contributed by atoms with Crippen LogP contribution in [0.4, 0.5) is 5.69 Å². The summed E-state index contributed by atoms with van der Waals surface area (Å²) in [6, 6.07) is 12.6. The SMILES string of the molecule is CCCOc1cc(/C=N\NC(=O)Cc2ccc(N)cc2)ccc1OC. The minimum Gasteiger partial charge on any atom is -0.493 e. The number of methoxy groups -OCH3 is 1. The average molecular weight is 341 g/mol. The van der Waals surface area contributed by atoms with Crippen molar-refractivity contribution in [3.05, 3.63) is 53.6 Å². The van der Waals surface area contributed by atoms with E-state index in [1.165, 1.54) is 0 Å². The van der Waals surface area contributed by atoms with E-state index in [1.54, 1.807) is 25.5 Å². The van der Waals surface area contributed by atoms with Crippen molar-refractivity contribution in [2.75, 3.05) is 19.5 Å². The summed E-state index contributed by atoms with van der Waals surface area (Å²) in [7, 11) is 1.60. The normalized spacial score (nSPS) is 10.6. The highest BCUT2D eigenvalue weighted by Gasteiger charge is 2.05. The topological polar surface area (TPSA) is 85.9 Å². The third-order valence-corrected chi connectivity index (χ3v) is 3.40. The molecule has 132 valence electrons. The van der Waals surface area contributed by atoms with Crippen LogP contribution in [-0.2, 0) is 11.2 Å². The number of carbonyl (C=O) groups excluding carboxylic acids is 1. The van der Waals surface area contributed by atoms with Crippen molar-refractivity contribution in [1.29, 1.82) is 0 Å². The van der Waals surface area contributed by atoms with Gasteiger partial charge in [-0.3, -0.25) is 4.79 Å². The van der Waals surface area contributed by atoms with Crippen LogP contribution in [-0.4, -0.2) is 25.8 Å². The highest BCUT2D eigenvalue weighted by atomic mass is 16.5. The third-order valence-electron chi connectivity index (χ3n) is 3.40. The lowest BCUT2D eigenvalue weighted by Crippen LogP contribution is -2.19. The van der Waals surface area contributed by atoms with E-state index < -0.39 is 0 Å². The average Bonchev–Trinajstić information content (AvgIpc) is 2.62. The van der Waals surface area contributed by atoms with E-state index in [0.717, 1.165) is 17.5 Å². The molecular formula is C19H23N3O3. The molecule has 2 aromatic rings. The van der Waals surface area contributed by atoms with Gasteiger partial charge in [-0.15, -0.1) is 0 Å². The third kappa shape index (κ3) is 5.84. The Kier molecular flexibility index (Phi) is 6.83. The van der Waals surface area contributed by atoms with Gasteiger partial charge in [0, 0.05) is 5.69 Å². The van der Waals surface area contributed by atoms with Crippen molar-refractivity contribution < 1.29 is 14.3 Å². The number of nitrogens with zero attached hydrogens (tertiary/aromatic N) is 1. The Balaban J connectivity index is 1.94. The number of benzene rings is 2. The van der Waals surface area contributed by atoms with E-state index in [2.05, 4.69) is 10.5 Å². The van der Waals surface area contributed by atoms with E-state index in [0.29, 0.717) is 23.8 Å². The number of amides is 1. The molecule has 3 N–H and O–H groups in total. The summed E-state index contributed by atoms with van der Waals surface area (Å²) in [5.41, 5.74) is 10.5. The smallest absolute Gasteiger partial charge is 0.244 e. The second-order valence-corrected chi connectivity index (χ2v) is 5.47. The van der Waals surface area contributed by atoms with Crippen LogP contribution in [0.2, 0.25) is 0 Å². The van der Waals surface area contributed by atoms with Crippen LogP contribution in [0.5, 0.6) is 11.5 Å². The second-order valence-electron chi connectivity index (χ2n) is 5.47. The summed E-state index contributed by atoms with van der Waals surface area (Å²) >= 11 is 0. The second kappa shape index (κ2) is 9.32. The Morgan fingerprint density at radius 1 is 1.20 bits per heavy atom. The van der Waals surface area contributed by atoms with Gasteiger partial charge < -0.3 is 15.2 Å². The maximum absolute atomic E-state index is 11.9. The van der Waals surface area contributed by atoms with Crippen LogP contribution >= 0.6 is 0 Å². The molecule has 0 aliphatic rings. The van der Waals surface area contributed by atoms with Gasteiger partial charge in [-0.05, 0) is 47.9 Å². The van der Waals surface area contributed by atoms with Gasteiger partial charge in [0.25, 0.3) is 0 Å². The Labute approximate surface area is 147 Å². The molecule has 0 saturated carbocycles. The van der Waals surface area contributed by atoms with Crippen LogP contribution in [0.15, 0.2) is 47.6 Å². The monoisotopic (exact) mass is 341 g/mol. The molecule has 25 heavy (non-hydrogen) atoms. The number of rotatable bonds is 8.